The number of ether oxygens (including phenoxy) is 1. The van der Waals surface area contributed by atoms with Gasteiger partial charge >= 0.3 is 0 Å². The van der Waals surface area contributed by atoms with Crippen LogP contribution in [0.1, 0.15) is 43.7 Å². The molecule has 0 saturated heterocycles. The molecule has 0 spiro atoms. The summed E-state index contributed by atoms with van der Waals surface area (Å²) in [6.07, 6.45) is 1.09. The fourth-order valence-electron chi connectivity index (χ4n) is 1.82. The van der Waals surface area contributed by atoms with Crippen LogP contribution in [0.3, 0.4) is 0 Å². The van der Waals surface area contributed by atoms with Crippen LogP contribution in [0.5, 0.6) is 0 Å². The molecule has 0 bridgehead atoms. The molecule has 1 heterocycles. The van der Waals surface area contributed by atoms with Gasteiger partial charge in [-0.1, -0.05) is 13.8 Å². The van der Waals surface area contributed by atoms with Crippen molar-refractivity contribution in [3.63, 3.8) is 0 Å². The van der Waals surface area contributed by atoms with Gasteiger partial charge < -0.3 is 10.1 Å². The summed E-state index contributed by atoms with van der Waals surface area (Å²) in [5.74, 6) is 0. The second-order valence-electron chi connectivity index (χ2n) is 5.48. The quantitative estimate of drug-likeness (QED) is 0.801. The lowest BCUT2D eigenvalue weighted by Crippen LogP contribution is -2.32. The SMILES string of the molecule is COCCC(C)(C)CNC(C)c1sccc1C. The van der Waals surface area contributed by atoms with Crippen LogP contribution >= 0.6 is 11.3 Å². The maximum atomic E-state index is 5.15. The average Bonchev–Trinajstić information content (AvgIpc) is 2.70. The Morgan fingerprint density at radius 3 is 2.71 bits per heavy atom. The normalized spacial score (nSPS) is 13.9. The molecule has 0 amide bonds. The van der Waals surface area contributed by atoms with Gasteiger partial charge in [0, 0.05) is 31.2 Å². The summed E-state index contributed by atoms with van der Waals surface area (Å²) in [5, 5.41) is 5.80. The molecule has 0 aliphatic heterocycles. The minimum Gasteiger partial charge on any atom is -0.385 e. The van der Waals surface area contributed by atoms with Crippen LogP contribution in [0.4, 0.5) is 0 Å². The highest BCUT2D eigenvalue weighted by Crippen LogP contribution is 2.25. The van der Waals surface area contributed by atoms with Crippen LogP contribution in [0.2, 0.25) is 0 Å². The van der Waals surface area contributed by atoms with E-state index in [-0.39, 0.29) is 5.41 Å². The summed E-state index contributed by atoms with van der Waals surface area (Å²) in [7, 11) is 1.77. The van der Waals surface area contributed by atoms with E-state index in [2.05, 4.69) is 44.5 Å². The topological polar surface area (TPSA) is 21.3 Å². The molecule has 0 fully saturated rings. The van der Waals surface area contributed by atoms with Crippen molar-refractivity contribution in [1.82, 2.24) is 5.32 Å². The molecule has 3 heteroatoms. The Morgan fingerprint density at radius 2 is 2.18 bits per heavy atom. The van der Waals surface area contributed by atoms with Crippen molar-refractivity contribution in [2.75, 3.05) is 20.3 Å². The Morgan fingerprint density at radius 1 is 1.47 bits per heavy atom. The number of thiophene rings is 1. The first-order valence-electron chi connectivity index (χ1n) is 6.22. The summed E-state index contributed by atoms with van der Waals surface area (Å²) in [5.41, 5.74) is 1.68. The number of hydrogen-bond acceptors (Lipinski definition) is 3. The minimum absolute atomic E-state index is 0.287. The zero-order valence-electron chi connectivity index (χ0n) is 11.7. The molecule has 2 nitrogen and oxygen atoms in total. The van der Waals surface area contributed by atoms with Gasteiger partial charge in [-0.2, -0.15) is 0 Å². The molecule has 1 atom stereocenters. The maximum Gasteiger partial charge on any atom is 0.0467 e. The van der Waals surface area contributed by atoms with Gasteiger partial charge in [0.2, 0.25) is 0 Å². The van der Waals surface area contributed by atoms with E-state index in [9.17, 15) is 0 Å². The van der Waals surface area contributed by atoms with E-state index in [0.29, 0.717) is 6.04 Å². The van der Waals surface area contributed by atoms with Crippen molar-refractivity contribution in [2.24, 2.45) is 5.41 Å². The number of nitrogens with one attached hydrogen (secondary N) is 1. The molecule has 1 aromatic heterocycles. The highest BCUT2D eigenvalue weighted by Gasteiger charge is 2.19. The molecule has 0 radical (unpaired) electrons. The summed E-state index contributed by atoms with van der Waals surface area (Å²) >= 11 is 1.84. The van der Waals surface area contributed by atoms with Crippen molar-refractivity contribution in [3.8, 4) is 0 Å². The fourth-order valence-corrected chi connectivity index (χ4v) is 2.78. The van der Waals surface area contributed by atoms with Crippen molar-refractivity contribution < 1.29 is 4.74 Å². The van der Waals surface area contributed by atoms with Gasteiger partial charge in [0.15, 0.2) is 0 Å². The Hall–Kier alpha value is -0.380. The lowest BCUT2D eigenvalue weighted by atomic mass is 9.89. The molecule has 0 aliphatic carbocycles. The molecule has 1 N–H and O–H groups in total. The number of aryl methyl sites for hydroxylation is 1. The Kier molecular flexibility index (Phi) is 5.63. The van der Waals surface area contributed by atoms with Crippen LogP contribution in [-0.4, -0.2) is 20.3 Å². The van der Waals surface area contributed by atoms with Crippen LogP contribution in [0.15, 0.2) is 11.4 Å². The number of methoxy groups -OCH3 is 1. The molecule has 1 rings (SSSR count). The predicted octanol–water partition coefficient (Wildman–Crippen LogP) is 3.77. The van der Waals surface area contributed by atoms with E-state index in [4.69, 9.17) is 4.74 Å². The van der Waals surface area contributed by atoms with Gasteiger partial charge in [0.1, 0.15) is 0 Å². The van der Waals surface area contributed by atoms with Gasteiger partial charge in [0.05, 0.1) is 0 Å². The second-order valence-corrected chi connectivity index (χ2v) is 6.43. The first-order chi connectivity index (χ1) is 7.96. The zero-order chi connectivity index (χ0) is 12.9. The van der Waals surface area contributed by atoms with E-state index in [1.54, 1.807) is 7.11 Å². The highest BCUT2D eigenvalue weighted by atomic mass is 32.1. The summed E-state index contributed by atoms with van der Waals surface area (Å²) < 4.78 is 5.15. The van der Waals surface area contributed by atoms with Gasteiger partial charge in [-0.3, -0.25) is 0 Å². The smallest absolute Gasteiger partial charge is 0.0467 e. The first kappa shape index (κ1) is 14.7. The Bertz CT molecular complexity index is 333. The van der Waals surface area contributed by atoms with Crippen LogP contribution in [0, 0.1) is 12.3 Å². The van der Waals surface area contributed by atoms with Gasteiger partial charge in [0.25, 0.3) is 0 Å². The third kappa shape index (κ3) is 4.78. The zero-order valence-corrected chi connectivity index (χ0v) is 12.5. The van der Waals surface area contributed by atoms with E-state index in [0.717, 1.165) is 19.6 Å². The lowest BCUT2D eigenvalue weighted by molar-refractivity contribution is 0.149. The highest BCUT2D eigenvalue weighted by molar-refractivity contribution is 7.10. The van der Waals surface area contributed by atoms with E-state index in [1.807, 2.05) is 11.3 Å². The minimum atomic E-state index is 0.287. The molecular weight excluding hydrogens is 230 g/mol. The van der Waals surface area contributed by atoms with Crippen LogP contribution < -0.4 is 5.32 Å². The summed E-state index contributed by atoms with van der Waals surface area (Å²) in [4.78, 5) is 1.45. The van der Waals surface area contributed by atoms with E-state index < -0.39 is 0 Å². The third-order valence-electron chi connectivity index (χ3n) is 3.16. The lowest BCUT2D eigenvalue weighted by Gasteiger charge is -2.27. The molecule has 0 saturated carbocycles. The fraction of sp³-hybridized carbons (Fsp3) is 0.714. The second kappa shape index (κ2) is 6.53. The van der Waals surface area contributed by atoms with Crippen LogP contribution in [0.25, 0.3) is 0 Å². The number of hydrogen-bond donors (Lipinski definition) is 1. The molecule has 0 aliphatic rings. The van der Waals surface area contributed by atoms with E-state index >= 15 is 0 Å². The molecule has 1 aromatic rings. The predicted molar refractivity (Wildman–Crippen MR) is 75.7 cm³/mol. The van der Waals surface area contributed by atoms with Crippen molar-refractivity contribution in [2.45, 2.75) is 40.2 Å². The molecule has 17 heavy (non-hydrogen) atoms. The van der Waals surface area contributed by atoms with Gasteiger partial charge in [-0.25, -0.2) is 0 Å². The third-order valence-corrected chi connectivity index (χ3v) is 4.37. The van der Waals surface area contributed by atoms with Gasteiger partial charge in [-0.15, -0.1) is 11.3 Å². The average molecular weight is 255 g/mol. The molecule has 1 unspecified atom stereocenters. The maximum absolute atomic E-state index is 5.15. The molecule has 98 valence electrons. The standard InChI is InChI=1S/C14H25NOS/c1-11-6-9-17-13(11)12(2)15-10-14(3,4)7-8-16-5/h6,9,12,15H,7-8,10H2,1-5H3. The Labute approximate surface area is 109 Å². The summed E-state index contributed by atoms with van der Waals surface area (Å²) in [6.45, 7) is 10.8. The monoisotopic (exact) mass is 255 g/mol. The van der Waals surface area contributed by atoms with Crippen LogP contribution in [-0.2, 0) is 4.74 Å². The van der Waals surface area contributed by atoms with E-state index in [1.165, 1.54) is 10.4 Å². The van der Waals surface area contributed by atoms with Crippen molar-refractivity contribution >= 4 is 11.3 Å². The van der Waals surface area contributed by atoms with Crippen molar-refractivity contribution in [1.29, 1.82) is 0 Å². The number of rotatable bonds is 7. The van der Waals surface area contributed by atoms with Gasteiger partial charge in [-0.05, 0) is 42.7 Å². The van der Waals surface area contributed by atoms with Crippen molar-refractivity contribution in [3.05, 3.63) is 21.9 Å². The largest absolute Gasteiger partial charge is 0.385 e. The first-order valence-corrected chi connectivity index (χ1v) is 7.10. The summed E-state index contributed by atoms with van der Waals surface area (Å²) in [6, 6.07) is 2.63. The molecule has 0 aromatic carbocycles. The Balaban J connectivity index is 2.42. The molecular formula is C14H25NOS.